The van der Waals surface area contributed by atoms with Crippen LogP contribution in [0.15, 0.2) is 0 Å². The molecule has 0 spiro atoms. The van der Waals surface area contributed by atoms with Crippen molar-refractivity contribution in [1.29, 1.82) is 0 Å². The van der Waals surface area contributed by atoms with E-state index in [1.165, 1.54) is 13.1 Å². The first kappa shape index (κ1) is 7.03. The van der Waals surface area contributed by atoms with E-state index >= 15 is 0 Å². The van der Waals surface area contributed by atoms with Crippen molar-refractivity contribution in [3.05, 3.63) is 0 Å². The summed E-state index contributed by atoms with van der Waals surface area (Å²) in [5.74, 6) is 1.77. The molecular weight excluding hydrogens is 112 g/mol. The van der Waals surface area contributed by atoms with Crippen molar-refractivity contribution in [2.45, 2.75) is 6.92 Å². The lowest BCUT2D eigenvalue weighted by molar-refractivity contribution is 0.246. The van der Waals surface area contributed by atoms with Gasteiger partial charge in [-0.25, -0.2) is 0 Å². The molecule has 0 saturated carbocycles. The fourth-order valence-electron chi connectivity index (χ4n) is 1.20. The molecule has 9 heavy (non-hydrogen) atoms. The van der Waals surface area contributed by atoms with Gasteiger partial charge in [-0.15, -0.1) is 0 Å². The molecule has 2 nitrogen and oxygen atoms in total. The van der Waals surface area contributed by atoms with E-state index in [1.807, 2.05) is 7.05 Å². The van der Waals surface area contributed by atoms with Crippen LogP contribution < -0.4 is 10.6 Å². The Kier molecular flexibility index (Phi) is 2.49. The molecule has 0 amide bonds. The third kappa shape index (κ3) is 1.66. The van der Waals surface area contributed by atoms with Crippen LogP contribution in [0.5, 0.6) is 0 Å². The van der Waals surface area contributed by atoms with Crippen LogP contribution in [0, 0.1) is 11.8 Å². The van der Waals surface area contributed by atoms with E-state index < -0.39 is 0 Å². The average molecular weight is 128 g/mol. The van der Waals surface area contributed by atoms with Crippen LogP contribution in [0.4, 0.5) is 0 Å². The monoisotopic (exact) mass is 128 g/mol. The van der Waals surface area contributed by atoms with Crippen molar-refractivity contribution in [2.75, 3.05) is 26.7 Å². The van der Waals surface area contributed by atoms with Crippen LogP contribution in [0.25, 0.3) is 0 Å². The van der Waals surface area contributed by atoms with Gasteiger partial charge in [0.25, 0.3) is 0 Å². The quantitative estimate of drug-likeness (QED) is 0.561. The molecule has 1 heterocycles. The molecule has 0 aromatic carbocycles. The fraction of sp³-hybridized carbons (Fsp3) is 1.00. The van der Waals surface area contributed by atoms with Crippen LogP contribution in [0.3, 0.4) is 0 Å². The summed E-state index contributed by atoms with van der Waals surface area (Å²) in [6.07, 6.45) is 0. The first-order chi connectivity index (χ1) is 4.34. The summed E-state index contributed by atoms with van der Waals surface area (Å²) in [4.78, 5) is 0. The van der Waals surface area contributed by atoms with E-state index in [4.69, 9.17) is 0 Å². The van der Waals surface area contributed by atoms with E-state index in [0.717, 1.165) is 18.4 Å². The molecule has 0 aromatic heterocycles. The highest BCUT2D eigenvalue weighted by Crippen LogP contribution is 2.13. The molecule has 1 unspecified atom stereocenters. The van der Waals surface area contributed by atoms with Gasteiger partial charge in [-0.05, 0) is 38.5 Å². The smallest absolute Gasteiger partial charge is 0.000522 e. The summed E-state index contributed by atoms with van der Waals surface area (Å²) < 4.78 is 0. The highest BCUT2D eigenvalue weighted by atomic mass is 15.0. The molecule has 1 atom stereocenters. The first-order valence-corrected chi connectivity index (χ1v) is 3.70. The molecule has 0 aromatic rings. The molecule has 1 rings (SSSR count). The Morgan fingerprint density at radius 3 is 2.67 bits per heavy atom. The summed E-state index contributed by atoms with van der Waals surface area (Å²) in [7, 11) is 2.02. The molecule has 1 fully saturated rings. The van der Waals surface area contributed by atoms with Gasteiger partial charge < -0.3 is 10.6 Å². The fourth-order valence-corrected chi connectivity index (χ4v) is 1.20. The zero-order valence-electron chi connectivity index (χ0n) is 6.28. The predicted molar refractivity (Wildman–Crippen MR) is 39.5 cm³/mol. The maximum Gasteiger partial charge on any atom is -0.000522 e. The standard InChI is InChI=1S/C7H16N2/c1-6(3-8-2)7-4-9-5-7/h6-9H,3-5H2,1-2H3. The molecule has 1 aliphatic rings. The second kappa shape index (κ2) is 3.18. The average Bonchev–Trinajstić information content (AvgIpc) is 1.60. The topological polar surface area (TPSA) is 24.1 Å². The first-order valence-electron chi connectivity index (χ1n) is 3.70. The Labute approximate surface area is 57.0 Å². The van der Waals surface area contributed by atoms with Gasteiger partial charge >= 0.3 is 0 Å². The van der Waals surface area contributed by atoms with Crippen molar-refractivity contribution in [3.63, 3.8) is 0 Å². The van der Waals surface area contributed by atoms with Gasteiger partial charge in [-0.3, -0.25) is 0 Å². The zero-order chi connectivity index (χ0) is 6.69. The maximum atomic E-state index is 3.27. The van der Waals surface area contributed by atoms with Crippen molar-refractivity contribution in [2.24, 2.45) is 11.8 Å². The van der Waals surface area contributed by atoms with E-state index in [0.29, 0.717) is 0 Å². The lowest BCUT2D eigenvalue weighted by Crippen LogP contribution is -2.47. The Morgan fingerprint density at radius 2 is 2.33 bits per heavy atom. The Morgan fingerprint density at radius 1 is 1.67 bits per heavy atom. The largest absolute Gasteiger partial charge is 0.319 e. The summed E-state index contributed by atoms with van der Waals surface area (Å²) in [5, 5.41) is 6.46. The van der Waals surface area contributed by atoms with Gasteiger partial charge in [0.2, 0.25) is 0 Å². The Bertz CT molecular complexity index is 79.0. The third-order valence-corrected chi connectivity index (χ3v) is 2.14. The van der Waals surface area contributed by atoms with E-state index in [9.17, 15) is 0 Å². The van der Waals surface area contributed by atoms with Crippen LogP contribution in [0.2, 0.25) is 0 Å². The van der Waals surface area contributed by atoms with Gasteiger partial charge in [-0.1, -0.05) is 6.92 Å². The van der Waals surface area contributed by atoms with Crippen molar-refractivity contribution in [1.82, 2.24) is 10.6 Å². The number of rotatable bonds is 3. The van der Waals surface area contributed by atoms with Crippen molar-refractivity contribution in [3.8, 4) is 0 Å². The molecule has 54 valence electrons. The minimum absolute atomic E-state index is 0.844. The van der Waals surface area contributed by atoms with Crippen LogP contribution in [-0.4, -0.2) is 26.7 Å². The SMILES string of the molecule is CNCC(C)C1CNC1. The number of hydrogen-bond acceptors (Lipinski definition) is 2. The number of nitrogens with one attached hydrogen (secondary N) is 2. The second-order valence-electron chi connectivity index (χ2n) is 2.95. The van der Waals surface area contributed by atoms with Gasteiger partial charge in [0.05, 0.1) is 0 Å². The Balaban J connectivity index is 2.08. The molecule has 0 radical (unpaired) electrons. The van der Waals surface area contributed by atoms with E-state index in [2.05, 4.69) is 17.6 Å². The minimum Gasteiger partial charge on any atom is -0.319 e. The summed E-state index contributed by atoms with van der Waals surface area (Å²) in [5.41, 5.74) is 0. The Hall–Kier alpha value is -0.0800. The van der Waals surface area contributed by atoms with E-state index in [-0.39, 0.29) is 0 Å². The zero-order valence-corrected chi connectivity index (χ0v) is 6.28. The van der Waals surface area contributed by atoms with E-state index in [1.54, 1.807) is 0 Å². The number of hydrogen-bond donors (Lipinski definition) is 2. The van der Waals surface area contributed by atoms with Gasteiger partial charge in [0.1, 0.15) is 0 Å². The molecule has 2 N–H and O–H groups in total. The lowest BCUT2D eigenvalue weighted by atomic mass is 9.89. The van der Waals surface area contributed by atoms with Crippen LogP contribution in [-0.2, 0) is 0 Å². The highest BCUT2D eigenvalue weighted by molar-refractivity contribution is 4.79. The van der Waals surface area contributed by atoms with Gasteiger partial charge in [-0.2, -0.15) is 0 Å². The summed E-state index contributed by atoms with van der Waals surface area (Å²) in [6, 6.07) is 0. The van der Waals surface area contributed by atoms with Gasteiger partial charge in [0, 0.05) is 0 Å². The van der Waals surface area contributed by atoms with Crippen molar-refractivity contribution < 1.29 is 0 Å². The minimum atomic E-state index is 0.844. The van der Waals surface area contributed by atoms with Crippen LogP contribution in [0.1, 0.15) is 6.92 Å². The molecule has 1 saturated heterocycles. The molecule has 0 bridgehead atoms. The molecule has 2 heteroatoms. The third-order valence-electron chi connectivity index (χ3n) is 2.14. The normalized spacial score (nSPS) is 23.3. The van der Waals surface area contributed by atoms with Gasteiger partial charge in [0.15, 0.2) is 0 Å². The lowest BCUT2D eigenvalue weighted by Gasteiger charge is -2.32. The van der Waals surface area contributed by atoms with Crippen molar-refractivity contribution >= 4 is 0 Å². The predicted octanol–water partition coefficient (Wildman–Crippen LogP) is 0.0613. The maximum absolute atomic E-state index is 3.27. The summed E-state index contributed by atoms with van der Waals surface area (Å²) >= 11 is 0. The molecule has 0 aliphatic carbocycles. The van der Waals surface area contributed by atoms with Crippen LogP contribution >= 0.6 is 0 Å². The second-order valence-corrected chi connectivity index (χ2v) is 2.95. The summed E-state index contributed by atoms with van der Waals surface area (Å²) in [6.45, 7) is 5.92. The molecular formula is C7H16N2. The molecule has 1 aliphatic heterocycles. The highest BCUT2D eigenvalue weighted by Gasteiger charge is 2.22.